The number of aryl methyl sites for hydroxylation is 2. The molecule has 2 rings (SSSR count). The standard InChI is InChI=1S/C12H16N4O3/c1-4-8-7(6-10(17)18)9(5-2)16-11(13-8)14-12(15-16)19-3/h4-6H2,1-3H3,(H,17,18). The fraction of sp³-hybridized carbons (Fsp3) is 0.500. The Balaban J connectivity index is 2.72. The minimum absolute atomic E-state index is 0.0581. The van der Waals surface area contributed by atoms with E-state index in [0.29, 0.717) is 18.6 Å². The molecule has 0 bridgehead atoms. The normalized spacial score (nSPS) is 10.9. The number of carbonyl (C=O) groups is 1. The van der Waals surface area contributed by atoms with Crippen LogP contribution < -0.4 is 4.74 Å². The first-order valence-electron chi connectivity index (χ1n) is 6.13. The molecule has 2 aromatic heterocycles. The van der Waals surface area contributed by atoms with Gasteiger partial charge in [0.2, 0.25) is 0 Å². The van der Waals surface area contributed by atoms with E-state index in [0.717, 1.165) is 17.0 Å². The maximum absolute atomic E-state index is 11.0. The van der Waals surface area contributed by atoms with Crippen molar-refractivity contribution in [1.29, 1.82) is 0 Å². The van der Waals surface area contributed by atoms with Crippen molar-refractivity contribution in [2.24, 2.45) is 0 Å². The van der Waals surface area contributed by atoms with Gasteiger partial charge in [-0.2, -0.15) is 9.50 Å². The third kappa shape index (κ3) is 2.35. The predicted molar refractivity (Wildman–Crippen MR) is 67.4 cm³/mol. The molecule has 0 radical (unpaired) electrons. The number of methoxy groups -OCH3 is 1. The molecular weight excluding hydrogens is 248 g/mol. The van der Waals surface area contributed by atoms with E-state index in [1.807, 2.05) is 13.8 Å². The van der Waals surface area contributed by atoms with Crippen LogP contribution in [-0.4, -0.2) is 37.8 Å². The first-order valence-corrected chi connectivity index (χ1v) is 6.13. The van der Waals surface area contributed by atoms with Crippen LogP contribution >= 0.6 is 0 Å². The number of rotatable bonds is 5. The Morgan fingerprint density at radius 3 is 2.58 bits per heavy atom. The highest BCUT2D eigenvalue weighted by Crippen LogP contribution is 2.18. The SMILES string of the molecule is CCc1nc2nc(OC)nn2c(CC)c1CC(=O)O. The Labute approximate surface area is 110 Å². The third-order valence-corrected chi connectivity index (χ3v) is 2.94. The van der Waals surface area contributed by atoms with E-state index in [4.69, 9.17) is 9.84 Å². The lowest BCUT2D eigenvalue weighted by Gasteiger charge is -2.11. The maximum Gasteiger partial charge on any atom is 0.337 e. The molecule has 1 N–H and O–H groups in total. The molecule has 0 saturated heterocycles. The number of carboxylic acids is 1. The average molecular weight is 264 g/mol. The highest BCUT2D eigenvalue weighted by molar-refractivity contribution is 5.71. The molecule has 0 aliphatic heterocycles. The topological polar surface area (TPSA) is 89.6 Å². The average Bonchev–Trinajstić information content (AvgIpc) is 2.79. The number of aliphatic carboxylic acids is 1. The van der Waals surface area contributed by atoms with Crippen LogP contribution in [0.5, 0.6) is 6.01 Å². The summed E-state index contributed by atoms with van der Waals surface area (Å²) in [5.41, 5.74) is 2.29. The van der Waals surface area contributed by atoms with Gasteiger partial charge in [0.25, 0.3) is 5.78 Å². The van der Waals surface area contributed by atoms with Gasteiger partial charge in [-0.3, -0.25) is 4.79 Å². The van der Waals surface area contributed by atoms with E-state index in [1.54, 1.807) is 4.52 Å². The quantitative estimate of drug-likeness (QED) is 0.862. The van der Waals surface area contributed by atoms with Crippen LogP contribution in [0.4, 0.5) is 0 Å². The van der Waals surface area contributed by atoms with Gasteiger partial charge in [-0.15, -0.1) is 5.10 Å². The summed E-state index contributed by atoms with van der Waals surface area (Å²) in [7, 11) is 1.49. The van der Waals surface area contributed by atoms with Gasteiger partial charge in [0, 0.05) is 11.3 Å². The molecule has 0 aromatic carbocycles. The second-order valence-electron chi connectivity index (χ2n) is 4.07. The van der Waals surface area contributed by atoms with Crippen molar-refractivity contribution in [2.75, 3.05) is 7.11 Å². The molecule has 2 heterocycles. The van der Waals surface area contributed by atoms with Crippen LogP contribution in [0.1, 0.15) is 30.8 Å². The summed E-state index contributed by atoms with van der Waals surface area (Å²) in [6.45, 7) is 3.89. The third-order valence-electron chi connectivity index (χ3n) is 2.94. The van der Waals surface area contributed by atoms with Gasteiger partial charge >= 0.3 is 12.0 Å². The largest absolute Gasteiger partial charge is 0.481 e. The van der Waals surface area contributed by atoms with Crippen LogP contribution in [0, 0.1) is 0 Å². The lowest BCUT2D eigenvalue weighted by molar-refractivity contribution is -0.136. The van der Waals surface area contributed by atoms with Gasteiger partial charge in [-0.1, -0.05) is 13.8 Å². The van der Waals surface area contributed by atoms with Gasteiger partial charge in [0.05, 0.1) is 19.2 Å². The molecule has 102 valence electrons. The second-order valence-corrected chi connectivity index (χ2v) is 4.07. The van der Waals surface area contributed by atoms with Gasteiger partial charge < -0.3 is 9.84 Å². The van der Waals surface area contributed by atoms with Crippen LogP contribution in [0.15, 0.2) is 0 Å². The Bertz CT molecular complexity index is 621. The molecule has 0 aliphatic rings. The zero-order chi connectivity index (χ0) is 14.0. The van der Waals surface area contributed by atoms with E-state index in [-0.39, 0.29) is 12.4 Å². The summed E-state index contributed by atoms with van der Waals surface area (Å²) in [5, 5.41) is 13.2. The fourth-order valence-corrected chi connectivity index (χ4v) is 2.12. The summed E-state index contributed by atoms with van der Waals surface area (Å²) >= 11 is 0. The Morgan fingerprint density at radius 1 is 1.32 bits per heavy atom. The first kappa shape index (κ1) is 13.3. The lowest BCUT2D eigenvalue weighted by atomic mass is 10.0. The monoisotopic (exact) mass is 264 g/mol. The Morgan fingerprint density at radius 2 is 2.05 bits per heavy atom. The lowest BCUT2D eigenvalue weighted by Crippen LogP contribution is -2.13. The van der Waals surface area contributed by atoms with Crippen molar-refractivity contribution in [3.63, 3.8) is 0 Å². The van der Waals surface area contributed by atoms with E-state index < -0.39 is 5.97 Å². The number of hydrogen-bond acceptors (Lipinski definition) is 5. The summed E-state index contributed by atoms with van der Waals surface area (Å²) in [5.74, 6) is -0.433. The fourth-order valence-electron chi connectivity index (χ4n) is 2.12. The van der Waals surface area contributed by atoms with Gasteiger partial charge in [0.15, 0.2) is 0 Å². The van der Waals surface area contributed by atoms with Crippen molar-refractivity contribution < 1.29 is 14.6 Å². The molecule has 0 unspecified atom stereocenters. The summed E-state index contributed by atoms with van der Waals surface area (Å²) in [6.07, 6.45) is 1.25. The predicted octanol–water partition coefficient (Wildman–Crippen LogP) is 0.885. The minimum atomic E-state index is -0.877. The van der Waals surface area contributed by atoms with Gasteiger partial charge in [-0.05, 0) is 12.8 Å². The highest BCUT2D eigenvalue weighted by atomic mass is 16.5. The number of hydrogen-bond donors (Lipinski definition) is 1. The molecule has 19 heavy (non-hydrogen) atoms. The van der Waals surface area contributed by atoms with Crippen molar-refractivity contribution in [3.05, 3.63) is 17.0 Å². The summed E-state index contributed by atoms with van der Waals surface area (Å²) < 4.78 is 6.56. The zero-order valence-corrected chi connectivity index (χ0v) is 11.2. The van der Waals surface area contributed by atoms with E-state index in [1.165, 1.54) is 7.11 Å². The van der Waals surface area contributed by atoms with Crippen molar-refractivity contribution in [3.8, 4) is 6.01 Å². The molecule has 0 amide bonds. The van der Waals surface area contributed by atoms with Gasteiger partial charge in [0.1, 0.15) is 0 Å². The van der Waals surface area contributed by atoms with Crippen LogP contribution in [-0.2, 0) is 24.1 Å². The molecule has 2 aromatic rings. The number of fused-ring (bicyclic) bond motifs is 1. The zero-order valence-electron chi connectivity index (χ0n) is 11.2. The molecule has 0 fully saturated rings. The molecule has 0 atom stereocenters. The summed E-state index contributed by atoms with van der Waals surface area (Å²) in [4.78, 5) is 19.5. The van der Waals surface area contributed by atoms with Crippen LogP contribution in [0.2, 0.25) is 0 Å². The summed E-state index contributed by atoms with van der Waals surface area (Å²) in [6, 6.07) is 0.233. The molecule has 0 aliphatic carbocycles. The molecule has 0 spiro atoms. The minimum Gasteiger partial charge on any atom is -0.481 e. The highest BCUT2D eigenvalue weighted by Gasteiger charge is 2.18. The molecule has 0 saturated carbocycles. The Hall–Kier alpha value is -2.18. The number of carboxylic acid groups (broad SMARTS) is 1. The van der Waals surface area contributed by atoms with E-state index in [2.05, 4.69) is 15.1 Å². The van der Waals surface area contributed by atoms with Crippen molar-refractivity contribution in [1.82, 2.24) is 19.6 Å². The molecular formula is C12H16N4O3. The number of ether oxygens (including phenoxy) is 1. The number of nitrogens with zero attached hydrogens (tertiary/aromatic N) is 4. The maximum atomic E-state index is 11.0. The smallest absolute Gasteiger partial charge is 0.337 e. The van der Waals surface area contributed by atoms with Gasteiger partial charge in [-0.25, -0.2) is 4.98 Å². The van der Waals surface area contributed by atoms with Crippen LogP contribution in [0.25, 0.3) is 5.78 Å². The van der Waals surface area contributed by atoms with Crippen LogP contribution in [0.3, 0.4) is 0 Å². The first-order chi connectivity index (χ1) is 9.10. The van der Waals surface area contributed by atoms with Crippen molar-refractivity contribution in [2.45, 2.75) is 33.1 Å². The van der Waals surface area contributed by atoms with E-state index in [9.17, 15) is 4.79 Å². The number of aromatic nitrogens is 4. The molecule has 7 nitrogen and oxygen atoms in total. The molecule has 7 heteroatoms. The van der Waals surface area contributed by atoms with Crippen molar-refractivity contribution >= 4 is 11.7 Å². The Kier molecular flexibility index (Phi) is 3.64. The second kappa shape index (κ2) is 5.21. The van der Waals surface area contributed by atoms with E-state index >= 15 is 0 Å².